The number of hydrogen-bond acceptors (Lipinski definition) is 1. The van der Waals surface area contributed by atoms with E-state index in [1.165, 1.54) is 12.1 Å². The molecule has 15 heavy (non-hydrogen) atoms. The SMILES string of the molecule is CCC(C)CC(N)c1cc(Cl)ccc1F. The number of benzene rings is 1. The van der Waals surface area contributed by atoms with Crippen LogP contribution in [0.2, 0.25) is 5.02 Å². The van der Waals surface area contributed by atoms with E-state index in [1.807, 2.05) is 0 Å². The normalized spacial score (nSPS) is 15.0. The van der Waals surface area contributed by atoms with Gasteiger partial charge in [0.2, 0.25) is 0 Å². The van der Waals surface area contributed by atoms with Crippen molar-refractivity contribution in [3.05, 3.63) is 34.6 Å². The number of rotatable bonds is 4. The van der Waals surface area contributed by atoms with E-state index in [0.29, 0.717) is 16.5 Å². The summed E-state index contributed by atoms with van der Waals surface area (Å²) in [6.45, 7) is 4.22. The van der Waals surface area contributed by atoms with Crippen LogP contribution in [0.5, 0.6) is 0 Å². The minimum absolute atomic E-state index is 0.265. The molecule has 0 fully saturated rings. The van der Waals surface area contributed by atoms with Gasteiger partial charge < -0.3 is 5.73 Å². The first-order valence-corrected chi connectivity index (χ1v) is 5.63. The Balaban J connectivity index is 2.80. The lowest BCUT2D eigenvalue weighted by Gasteiger charge is -2.17. The van der Waals surface area contributed by atoms with Crippen molar-refractivity contribution in [2.45, 2.75) is 32.7 Å². The molecule has 0 aliphatic carbocycles. The van der Waals surface area contributed by atoms with Gasteiger partial charge in [0.25, 0.3) is 0 Å². The highest BCUT2D eigenvalue weighted by Gasteiger charge is 2.14. The van der Waals surface area contributed by atoms with Gasteiger partial charge in [0.05, 0.1) is 0 Å². The first-order chi connectivity index (χ1) is 7.04. The molecule has 1 rings (SSSR count). The van der Waals surface area contributed by atoms with E-state index in [4.69, 9.17) is 17.3 Å². The van der Waals surface area contributed by atoms with Gasteiger partial charge in [-0.2, -0.15) is 0 Å². The summed E-state index contributed by atoms with van der Waals surface area (Å²) < 4.78 is 13.4. The molecular weight excluding hydrogens is 213 g/mol. The Morgan fingerprint density at radius 3 is 2.73 bits per heavy atom. The second-order valence-corrected chi connectivity index (χ2v) is 4.46. The van der Waals surface area contributed by atoms with Crippen molar-refractivity contribution in [1.29, 1.82) is 0 Å². The summed E-state index contributed by atoms with van der Waals surface area (Å²) in [4.78, 5) is 0. The van der Waals surface area contributed by atoms with E-state index in [0.717, 1.165) is 12.8 Å². The molecule has 0 spiro atoms. The van der Waals surface area contributed by atoms with Crippen molar-refractivity contribution >= 4 is 11.6 Å². The standard InChI is InChI=1S/C12H17ClFN/c1-3-8(2)6-12(15)10-7-9(13)4-5-11(10)14/h4-5,7-8,12H,3,6,15H2,1-2H3. The highest BCUT2D eigenvalue weighted by Crippen LogP contribution is 2.25. The predicted molar refractivity (Wildman–Crippen MR) is 62.4 cm³/mol. The van der Waals surface area contributed by atoms with Gasteiger partial charge in [-0.25, -0.2) is 4.39 Å². The molecule has 0 saturated carbocycles. The van der Waals surface area contributed by atoms with E-state index in [2.05, 4.69) is 13.8 Å². The zero-order valence-corrected chi connectivity index (χ0v) is 9.89. The van der Waals surface area contributed by atoms with Gasteiger partial charge in [-0.15, -0.1) is 0 Å². The van der Waals surface area contributed by atoms with Crippen LogP contribution in [0.15, 0.2) is 18.2 Å². The Bertz CT molecular complexity index is 327. The van der Waals surface area contributed by atoms with Crippen LogP contribution in [0.1, 0.15) is 38.3 Å². The van der Waals surface area contributed by atoms with E-state index in [-0.39, 0.29) is 11.9 Å². The maximum atomic E-state index is 13.4. The Morgan fingerprint density at radius 2 is 2.13 bits per heavy atom. The molecule has 0 bridgehead atoms. The van der Waals surface area contributed by atoms with Gasteiger partial charge in [-0.05, 0) is 30.5 Å². The molecule has 1 aromatic rings. The van der Waals surface area contributed by atoms with Gasteiger partial charge in [0.1, 0.15) is 5.82 Å². The molecule has 0 aliphatic rings. The lowest BCUT2D eigenvalue weighted by atomic mass is 9.95. The van der Waals surface area contributed by atoms with Crippen LogP contribution < -0.4 is 5.73 Å². The van der Waals surface area contributed by atoms with Crippen LogP contribution in [-0.4, -0.2) is 0 Å². The zero-order valence-electron chi connectivity index (χ0n) is 9.13. The Morgan fingerprint density at radius 1 is 1.47 bits per heavy atom. The number of hydrogen-bond donors (Lipinski definition) is 1. The molecule has 2 unspecified atom stereocenters. The molecule has 0 amide bonds. The minimum Gasteiger partial charge on any atom is -0.324 e. The average molecular weight is 230 g/mol. The van der Waals surface area contributed by atoms with Crippen molar-refractivity contribution in [2.24, 2.45) is 11.7 Å². The van der Waals surface area contributed by atoms with E-state index < -0.39 is 0 Å². The van der Waals surface area contributed by atoms with Crippen LogP contribution >= 0.6 is 11.6 Å². The smallest absolute Gasteiger partial charge is 0.128 e. The summed E-state index contributed by atoms with van der Waals surface area (Å²) in [6, 6.07) is 4.26. The van der Waals surface area contributed by atoms with Crippen LogP contribution in [0, 0.1) is 11.7 Å². The molecule has 2 atom stereocenters. The molecule has 2 N–H and O–H groups in total. The fourth-order valence-corrected chi connectivity index (χ4v) is 1.71. The summed E-state index contributed by atoms with van der Waals surface area (Å²) in [6.07, 6.45) is 1.84. The molecule has 1 aromatic carbocycles. The van der Waals surface area contributed by atoms with Gasteiger partial charge in [0, 0.05) is 16.6 Å². The largest absolute Gasteiger partial charge is 0.324 e. The summed E-state index contributed by atoms with van der Waals surface area (Å²) in [5.74, 6) is 0.230. The van der Waals surface area contributed by atoms with Crippen LogP contribution in [0.25, 0.3) is 0 Å². The van der Waals surface area contributed by atoms with E-state index in [1.54, 1.807) is 6.07 Å². The van der Waals surface area contributed by atoms with Crippen LogP contribution in [0.4, 0.5) is 4.39 Å². The maximum Gasteiger partial charge on any atom is 0.128 e. The van der Waals surface area contributed by atoms with Gasteiger partial charge in [0.15, 0.2) is 0 Å². The van der Waals surface area contributed by atoms with E-state index in [9.17, 15) is 4.39 Å². The van der Waals surface area contributed by atoms with E-state index >= 15 is 0 Å². The van der Waals surface area contributed by atoms with Crippen LogP contribution in [0.3, 0.4) is 0 Å². The summed E-state index contributed by atoms with van der Waals surface area (Å²) in [7, 11) is 0. The van der Waals surface area contributed by atoms with Crippen molar-refractivity contribution in [1.82, 2.24) is 0 Å². The van der Waals surface area contributed by atoms with Crippen molar-refractivity contribution in [3.8, 4) is 0 Å². The molecule has 3 heteroatoms. The molecule has 1 nitrogen and oxygen atoms in total. The van der Waals surface area contributed by atoms with Crippen LogP contribution in [-0.2, 0) is 0 Å². The minimum atomic E-state index is -0.268. The summed E-state index contributed by atoms with van der Waals surface area (Å²) >= 11 is 5.81. The first-order valence-electron chi connectivity index (χ1n) is 5.25. The molecule has 0 radical (unpaired) electrons. The molecule has 0 saturated heterocycles. The highest BCUT2D eigenvalue weighted by molar-refractivity contribution is 6.30. The maximum absolute atomic E-state index is 13.4. The van der Waals surface area contributed by atoms with Gasteiger partial charge in [-0.1, -0.05) is 31.9 Å². The second kappa shape index (κ2) is 5.47. The Kier molecular flexibility index (Phi) is 4.55. The predicted octanol–water partition coefficient (Wildman–Crippen LogP) is 3.92. The first kappa shape index (κ1) is 12.5. The third-order valence-electron chi connectivity index (χ3n) is 2.71. The molecule has 84 valence electrons. The summed E-state index contributed by atoms with van der Waals surface area (Å²) in [5, 5.41) is 0.533. The molecular formula is C12H17ClFN. The second-order valence-electron chi connectivity index (χ2n) is 4.02. The topological polar surface area (TPSA) is 26.0 Å². The number of nitrogens with two attached hydrogens (primary N) is 1. The third kappa shape index (κ3) is 3.47. The molecule has 0 heterocycles. The quantitative estimate of drug-likeness (QED) is 0.832. The van der Waals surface area contributed by atoms with Crippen molar-refractivity contribution in [2.75, 3.05) is 0 Å². The number of halogens is 2. The van der Waals surface area contributed by atoms with Crippen molar-refractivity contribution < 1.29 is 4.39 Å². The molecule has 0 aliphatic heterocycles. The lowest BCUT2D eigenvalue weighted by molar-refractivity contribution is 0.449. The van der Waals surface area contributed by atoms with Gasteiger partial charge >= 0.3 is 0 Å². The fourth-order valence-electron chi connectivity index (χ4n) is 1.53. The Labute approximate surface area is 95.4 Å². The molecule has 0 aromatic heterocycles. The monoisotopic (exact) mass is 229 g/mol. The van der Waals surface area contributed by atoms with Crippen molar-refractivity contribution in [3.63, 3.8) is 0 Å². The average Bonchev–Trinajstić information content (AvgIpc) is 2.21. The Hall–Kier alpha value is -0.600. The zero-order chi connectivity index (χ0) is 11.4. The van der Waals surface area contributed by atoms with Gasteiger partial charge in [-0.3, -0.25) is 0 Å². The lowest BCUT2D eigenvalue weighted by Crippen LogP contribution is -2.15. The highest BCUT2D eigenvalue weighted by atomic mass is 35.5. The fraction of sp³-hybridized carbons (Fsp3) is 0.500. The summed E-state index contributed by atoms with van der Waals surface area (Å²) in [5.41, 5.74) is 6.46. The third-order valence-corrected chi connectivity index (χ3v) is 2.95.